The van der Waals surface area contributed by atoms with Crippen LogP contribution in [0.15, 0.2) is 72.3 Å². The molecule has 0 saturated carbocycles. The fourth-order valence-electron chi connectivity index (χ4n) is 10.7. The molecule has 0 unspecified atom stereocenters. The molecule has 5 aromatic heterocycles. The molecule has 1 amide bonds. The topological polar surface area (TPSA) is 85.5 Å². The third-order valence-electron chi connectivity index (χ3n) is 14.7. The van der Waals surface area contributed by atoms with Crippen molar-refractivity contribution in [1.82, 2.24) is 9.88 Å². The zero-order chi connectivity index (χ0) is 54.6. The van der Waals surface area contributed by atoms with E-state index in [2.05, 4.69) is 117 Å². The Balaban J connectivity index is 1.31. The molecule has 7 rings (SSSR count). The number of benzene rings is 2. The summed E-state index contributed by atoms with van der Waals surface area (Å²) >= 11 is 7.70. The van der Waals surface area contributed by atoms with Gasteiger partial charge in [-0.2, -0.15) is 5.26 Å². The van der Waals surface area contributed by atoms with Gasteiger partial charge in [-0.05, 0) is 155 Å². The summed E-state index contributed by atoms with van der Waals surface area (Å²) in [6, 6.07) is 28.3. The first-order chi connectivity index (χ1) is 37.7. The normalized spacial score (nSPS) is 12.2. The molecule has 414 valence electrons. The maximum Gasteiger partial charge on any atom is 0.521 e. The van der Waals surface area contributed by atoms with Gasteiger partial charge in [-0.3, -0.25) is 4.79 Å². The molecule has 0 aliphatic heterocycles. The van der Waals surface area contributed by atoms with Gasteiger partial charge in [0.25, 0.3) is 5.91 Å². The molecular formula is C65H87N3O4S4Si. The lowest BCUT2D eigenvalue weighted by atomic mass is 10.0. The second kappa shape index (κ2) is 31.0. The van der Waals surface area contributed by atoms with Crippen LogP contribution in [0.5, 0.6) is 0 Å². The lowest BCUT2D eigenvalue weighted by Gasteiger charge is -2.28. The van der Waals surface area contributed by atoms with E-state index in [0.717, 1.165) is 62.8 Å². The van der Waals surface area contributed by atoms with E-state index in [4.69, 9.17) is 13.3 Å². The molecule has 0 aliphatic carbocycles. The second-order valence-corrected chi connectivity index (χ2v) is 27.3. The van der Waals surface area contributed by atoms with Crippen LogP contribution < -0.4 is 5.32 Å². The second-order valence-electron chi connectivity index (χ2n) is 20.5. The van der Waals surface area contributed by atoms with E-state index in [1.165, 1.54) is 161 Å². The number of hydrogen-bond donors (Lipinski definition) is 1. The van der Waals surface area contributed by atoms with Gasteiger partial charge in [0.15, 0.2) is 0 Å². The van der Waals surface area contributed by atoms with Crippen LogP contribution in [0.2, 0.25) is 0 Å². The van der Waals surface area contributed by atoms with E-state index < -0.39 is 14.7 Å². The molecule has 0 saturated heterocycles. The highest BCUT2D eigenvalue weighted by molar-refractivity contribution is 7.29. The van der Waals surface area contributed by atoms with Crippen molar-refractivity contribution in [2.45, 2.75) is 190 Å². The van der Waals surface area contributed by atoms with Gasteiger partial charge >= 0.3 is 8.80 Å². The lowest BCUT2D eigenvalue weighted by molar-refractivity contribution is -0.117. The van der Waals surface area contributed by atoms with Crippen molar-refractivity contribution in [3.63, 3.8) is 0 Å². The van der Waals surface area contributed by atoms with Crippen LogP contribution in [0.4, 0.5) is 0 Å². The minimum Gasteiger partial charge on any atom is -0.373 e. The summed E-state index contributed by atoms with van der Waals surface area (Å²) in [5, 5.41) is 16.2. The predicted molar refractivity (Wildman–Crippen MR) is 337 cm³/mol. The largest absolute Gasteiger partial charge is 0.521 e. The van der Waals surface area contributed by atoms with Crippen LogP contribution >= 0.6 is 45.3 Å². The molecule has 77 heavy (non-hydrogen) atoms. The summed E-state index contributed by atoms with van der Waals surface area (Å²) < 4.78 is 20.5. The Morgan fingerprint density at radius 3 is 1.49 bits per heavy atom. The van der Waals surface area contributed by atoms with E-state index >= 15 is 0 Å². The maximum atomic E-state index is 13.9. The zero-order valence-corrected chi connectivity index (χ0v) is 52.0. The molecular weight excluding hydrogens is 1040 g/mol. The zero-order valence-electron chi connectivity index (χ0n) is 47.8. The highest BCUT2D eigenvalue weighted by Gasteiger charge is 2.41. The van der Waals surface area contributed by atoms with Gasteiger partial charge in [0.05, 0.1) is 6.17 Å². The van der Waals surface area contributed by atoms with E-state index in [9.17, 15) is 10.1 Å². The number of rotatable bonds is 35. The van der Waals surface area contributed by atoms with Crippen molar-refractivity contribution < 1.29 is 18.1 Å². The Morgan fingerprint density at radius 1 is 0.545 bits per heavy atom. The summed E-state index contributed by atoms with van der Waals surface area (Å²) in [7, 11) is -3.17. The van der Waals surface area contributed by atoms with Gasteiger partial charge in [-0.15, -0.1) is 45.3 Å². The number of nitrogens with zero attached hydrogens (tertiary/aromatic N) is 2. The van der Waals surface area contributed by atoms with Crippen LogP contribution in [-0.2, 0) is 50.3 Å². The molecule has 12 heteroatoms. The first-order valence-electron chi connectivity index (χ1n) is 29.5. The molecule has 0 atom stereocenters. The fraction of sp³-hybridized carbons (Fsp3) is 0.508. The average Bonchev–Trinajstić information content (AvgIpc) is 4.34. The smallest absolute Gasteiger partial charge is 0.373 e. The number of carbonyl (C=O) groups excluding carboxylic acids is 1. The van der Waals surface area contributed by atoms with E-state index in [1.54, 1.807) is 11.3 Å². The van der Waals surface area contributed by atoms with Crippen LogP contribution in [0.3, 0.4) is 0 Å². The Hall–Kier alpha value is -4.16. The number of aryl methyl sites for hydroxylation is 5. The van der Waals surface area contributed by atoms with E-state index in [0.29, 0.717) is 19.8 Å². The number of nitriles is 1. The molecule has 0 bridgehead atoms. The third-order valence-corrected chi connectivity index (χ3v) is 22.8. The summed E-state index contributed by atoms with van der Waals surface area (Å²) in [5.41, 5.74) is 9.59. The Bertz CT molecular complexity index is 3020. The summed E-state index contributed by atoms with van der Waals surface area (Å²) in [6.45, 7) is 19.3. The van der Waals surface area contributed by atoms with Gasteiger partial charge in [-0.1, -0.05) is 129 Å². The SMILES string of the molecule is CCCCCCc1cc(-c2sc(-c3sc(-c4sc(-c5ccc6c(c5)c5ccccc5n6CC)cc4CCCCCC)cc3CCCCCC)cc2CCCCCC)sc1/C=C(\C#N)C(=O)NC[Si](OCC)(OCC)OCC. The van der Waals surface area contributed by atoms with Gasteiger partial charge < -0.3 is 23.2 Å². The molecule has 7 aromatic rings. The third kappa shape index (κ3) is 15.6. The molecule has 0 aliphatic rings. The van der Waals surface area contributed by atoms with Crippen molar-refractivity contribution in [3.8, 4) is 45.8 Å². The quantitative estimate of drug-likeness (QED) is 0.0185. The first-order valence-corrected chi connectivity index (χ1v) is 34.7. The number of aromatic nitrogens is 1. The van der Waals surface area contributed by atoms with E-state index in [-0.39, 0.29) is 11.7 Å². The van der Waals surface area contributed by atoms with Gasteiger partial charge in [0, 0.05) is 87.2 Å². The number of thiophene rings is 4. The van der Waals surface area contributed by atoms with Crippen molar-refractivity contribution in [1.29, 1.82) is 5.26 Å². The number of hydrogen-bond acceptors (Lipinski definition) is 9. The molecule has 0 radical (unpaired) electrons. The average molecular weight is 1130 g/mol. The fourth-order valence-corrected chi connectivity index (χ4v) is 18.2. The van der Waals surface area contributed by atoms with Crippen LogP contribution in [0, 0.1) is 11.3 Å². The molecule has 7 nitrogen and oxygen atoms in total. The highest BCUT2D eigenvalue weighted by Crippen LogP contribution is 2.50. The monoisotopic (exact) mass is 1130 g/mol. The Kier molecular flexibility index (Phi) is 24.3. The molecule has 0 fully saturated rings. The highest BCUT2D eigenvalue weighted by atomic mass is 32.1. The van der Waals surface area contributed by atoms with Crippen molar-refractivity contribution in [2.75, 3.05) is 26.0 Å². The van der Waals surface area contributed by atoms with Gasteiger partial charge in [0.1, 0.15) is 11.6 Å². The number of nitrogens with one attached hydrogen (secondary N) is 1. The predicted octanol–water partition coefficient (Wildman–Crippen LogP) is 19.8. The van der Waals surface area contributed by atoms with Crippen LogP contribution in [-0.4, -0.2) is 45.3 Å². The minimum atomic E-state index is -3.17. The van der Waals surface area contributed by atoms with Crippen molar-refractivity contribution in [2.24, 2.45) is 0 Å². The molecule has 1 N–H and O–H groups in total. The summed E-state index contributed by atoms with van der Waals surface area (Å²) in [5.74, 6) is -0.436. The van der Waals surface area contributed by atoms with Crippen LogP contribution in [0.25, 0.3) is 67.6 Å². The molecule has 5 heterocycles. The van der Waals surface area contributed by atoms with Crippen molar-refractivity contribution in [3.05, 3.63) is 99.4 Å². The molecule has 0 spiro atoms. The number of para-hydroxylation sites is 1. The van der Waals surface area contributed by atoms with Gasteiger partial charge in [0.2, 0.25) is 0 Å². The Labute approximate surface area is 479 Å². The summed E-state index contributed by atoms with van der Waals surface area (Å²) in [4.78, 5) is 24.4. The standard InChI is InChI=1S/C65H87N3O4S4Si/c1-9-17-21-25-31-47-40-59(73-57(47)44-52(45-66)65(69)67-46-77(70-14-6,71-15-7)72-16-8)62-50(33-27-23-19-11-3)42-61(75-62)64-51(34-28-24-20-12-4)43-60(76-64)63-49(32-26-22-18-10-2)41-58(74-63)48-37-38-56-54(39-48)53-35-29-30-36-55(53)68(56)13-5/h29-30,35-44H,9-28,31-34,46H2,1-8H3,(H,67,69)/b52-44+. The molecule has 2 aromatic carbocycles. The first kappa shape index (κ1) is 60.5. The maximum absolute atomic E-state index is 13.9. The minimum absolute atomic E-state index is 0.0807. The van der Waals surface area contributed by atoms with Crippen LogP contribution in [0.1, 0.15) is 185 Å². The van der Waals surface area contributed by atoms with E-state index in [1.807, 2.05) is 60.9 Å². The lowest BCUT2D eigenvalue weighted by Crippen LogP contribution is -2.55. The Morgan fingerprint density at radius 2 is 1.00 bits per heavy atom. The number of unbranched alkanes of at least 4 members (excludes halogenated alkanes) is 12. The van der Waals surface area contributed by atoms with Crippen molar-refractivity contribution >= 4 is 87.9 Å². The number of fused-ring (bicyclic) bond motifs is 3. The number of carbonyl (C=O) groups is 1. The van der Waals surface area contributed by atoms with Gasteiger partial charge in [-0.25, -0.2) is 0 Å². The summed E-state index contributed by atoms with van der Waals surface area (Å²) in [6.07, 6.45) is 25.3. The number of amides is 1.